The molecule has 1 aromatic carbocycles. The van der Waals surface area contributed by atoms with Crippen molar-refractivity contribution >= 4 is 35.0 Å². The van der Waals surface area contributed by atoms with Crippen LogP contribution >= 0.6 is 24.0 Å². The van der Waals surface area contributed by atoms with Crippen LogP contribution in [0.4, 0.5) is 0 Å². The number of hydrazine groups is 1. The number of amides is 1. The van der Waals surface area contributed by atoms with Gasteiger partial charge < -0.3 is 5.32 Å². The van der Waals surface area contributed by atoms with E-state index in [4.69, 9.17) is 12.2 Å². The average Bonchev–Trinajstić information content (AvgIpc) is 2.64. The molecule has 1 amide bonds. The van der Waals surface area contributed by atoms with Crippen LogP contribution in [0, 0.1) is 13.8 Å². The lowest BCUT2D eigenvalue weighted by atomic mass is 10.1. The van der Waals surface area contributed by atoms with Gasteiger partial charge in [0.1, 0.15) is 0 Å². The van der Waals surface area contributed by atoms with Crippen LogP contribution in [0.25, 0.3) is 0 Å². The summed E-state index contributed by atoms with van der Waals surface area (Å²) >= 11 is 6.68. The standard InChI is InChI=1S/C19H25N5OS2/c1-4-5-10-20-18(26)24-23-17(25)16-8-6-15(7-9-16)12-27-19-21-13(2)11-14(3)22-19/h6-9,11H,4-5,10,12H2,1-3H3,(H,23,25)(H2,20,24,26). The number of benzene rings is 1. The van der Waals surface area contributed by atoms with E-state index in [1.54, 1.807) is 23.9 Å². The Bertz CT molecular complexity index is 760. The lowest BCUT2D eigenvalue weighted by Gasteiger charge is -2.11. The molecule has 1 heterocycles. The summed E-state index contributed by atoms with van der Waals surface area (Å²) in [5.74, 6) is 0.514. The maximum atomic E-state index is 12.2. The normalized spacial score (nSPS) is 10.3. The minimum absolute atomic E-state index is 0.230. The SMILES string of the molecule is CCCCNC(=S)NNC(=O)c1ccc(CSc2nc(C)cc(C)n2)cc1. The highest BCUT2D eigenvalue weighted by atomic mass is 32.2. The molecule has 2 rings (SSSR count). The minimum Gasteiger partial charge on any atom is -0.361 e. The van der Waals surface area contributed by atoms with Crippen LogP contribution in [0.1, 0.15) is 47.1 Å². The van der Waals surface area contributed by atoms with Crippen LogP contribution in [0.5, 0.6) is 0 Å². The van der Waals surface area contributed by atoms with Crippen molar-refractivity contribution in [1.29, 1.82) is 0 Å². The van der Waals surface area contributed by atoms with Gasteiger partial charge >= 0.3 is 0 Å². The smallest absolute Gasteiger partial charge is 0.269 e. The van der Waals surface area contributed by atoms with Gasteiger partial charge in [0.15, 0.2) is 10.3 Å². The molecule has 0 spiro atoms. The highest BCUT2D eigenvalue weighted by molar-refractivity contribution is 7.98. The maximum absolute atomic E-state index is 12.2. The summed E-state index contributed by atoms with van der Waals surface area (Å²) in [5, 5.41) is 4.21. The number of nitrogens with one attached hydrogen (secondary N) is 3. The van der Waals surface area contributed by atoms with Crippen molar-refractivity contribution < 1.29 is 4.79 Å². The van der Waals surface area contributed by atoms with Crippen molar-refractivity contribution in [3.05, 3.63) is 52.8 Å². The summed E-state index contributed by atoms with van der Waals surface area (Å²) < 4.78 is 0. The van der Waals surface area contributed by atoms with Gasteiger partial charge in [-0.1, -0.05) is 37.2 Å². The quantitative estimate of drug-likeness (QED) is 0.215. The molecule has 0 unspecified atom stereocenters. The number of carbonyl (C=O) groups is 1. The molecule has 0 atom stereocenters. The summed E-state index contributed by atoms with van der Waals surface area (Å²) in [6.45, 7) is 6.82. The molecule has 3 N–H and O–H groups in total. The van der Waals surface area contributed by atoms with Gasteiger partial charge in [-0.3, -0.25) is 15.6 Å². The number of thioether (sulfide) groups is 1. The molecule has 8 heteroatoms. The van der Waals surface area contributed by atoms with Crippen molar-refractivity contribution in [2.45, 2.75) is 44.5 Å². The van der Waals surface area contributed by atoms with Gasteiger partial charge in [0.2, 0.25) is 0 Å². The Kier molecular flexibility index (Phi) is 8.47. The van der Waals surface area contributed by atoms with Gasteiger partial charge in [-0.25, -0.2) is 9.97 Å². The summed E-state index contributed by atoms with van der Waals surface area (Å²) in [6.07, 6.45) is 2.12. The number of unbranched alkanes of at least 4 members (excludes halogenated alkanes) is 1. The first kappa shape index (κ1) is 21.1. The molecular formula is C19H25N5OS2. The minimum atomic E-state index is -0.230. The Morgan fingerprint density at radius 2 is 1.78 bits per heavy atom. The van der Waals surface area contributed by atoms with E-state index in [1.165, 1.54) is 0 Å². The van der Waals surface area contributed by atoms with E-state index in [1.807, 2.05) is 32.0 Å². The molecule has 0 aliphatic rings. The Morgan fingerprint density at radius 1 is 1.11 bits per heavy atom. The van der Waals surface area contributed by atoms with Crippen molar-refractivity contribution in [2.24, 2.45) is 0 Å². The zero-order chi connectivity index (χ0) is 19.6. The van der Waals surface area contributed by atoms with E-state index in [9.17, 15) is 4.79 Å². The van der Waals surface area contributed by atoms with Gasteiger partial charge in [0.25, 0.3) is 5.91 Å². The summed E-state index contributed by atoms with van der Waals surface area (Å²) in [5.41, 5.74) is 8.90. The van der Waals surface area contributed by atoms with Crippen LogP contribution in [0.2, 0.25) is 0 Å². The second-order valence-corrected chi connectivity index (χ2v) is 7.46. The fraction of sp³-hybridized carbons (Fsp3) is 0.368. The third-order valence-electron chi connectivity index (χ3n) is 3.65. The molecule has 0 fully saturated rings. The van der Waals surface area contributed by atoms with Gasteiger partial charge in [-0.15, -0.1) is 0 Å². The number of hydrogen-bond acceptors (Lipinski definition) is 5. The number of hydrogen-bond donors (Lipinski definition) is 3. The van der Waals surface area contributed by atoms with Crippen molar-refractivity contribution in [1.82, 2.24) is 26.1 Å². The van der Waals surface area contributed by atoms with Crippen LogP contribution in [0.3, 0.4) is 0 Å². The first-order valence-electron chi connectivity index (χ1n) is 8.86. The molecule has 0 bridgehead atoms. The molecule has 6 nitrogen and oxygen atoms in total. The summed E-state index contributed by atoms with van der Waals surface area (Å²) in [4.78, 5) is 21.0. The fourth-order valence-electron chi connectivity index (χ4n) is 2.27. The summed E-state index contributed by atoms with van der Waals surface area (Å²) in [6, 6.07) is 9.41. The Balaban J connectivity index is 1.81. The zero-order valence-corrected chi connectivity index (χ0v) is 17.5. The molecule has 0 saturated heterocycles. The first-order chi connectivity index (χ1) is 13.0. The van der Waals surface area contributed by atoms with E-state index < -0.39 is 0 Å². The van der Waals surface area contributed by atoms with Crippen molar-refractivity contribution in [3.63, 3.8) is 0 Å². The third-order valence-corrected chi connectivity index (χ3v) is 4.82. The highest BCUT2D eigenvalue weighted by Gasteiger charge is 2.07. The monoisotopic (exact) mass is 403 g/mol. The van der Waals surface area contributed by atoms with Crippen LogP contribution in [0.15, 0.2) is 35.5 Å². The maximum Gasteiger partial charge on any atom is 0.269 e. The van der Waals surface area contributed by atoms with Gasteiger partial charge in [-0.05, 0) is 56.2 Å². The predicted octanol–water partition coefficient (Wildman–Crippen LogP) is 3.29. The Hall–Kier alpha value is -2.19. The summed E-state index contributed by atoms with van der Waals surface area (Å²) in [7, 11) is 0. The predicted molar refractivity (Wildman–Crippen MR) is 114 cm³/mol. The van der Waals surface area contributed by atoms with Crippen LogP contribution in [-0.2, 0) is 5.75 Å². The van der Waals surface area contributed by atoms with E-state index in [2.05, 4.69) is 33.1 Å². The number of carbonyl (C=O) groups excluding carboxylic acids is 1. The highest BCUT2D eigenvalue weighted by Crippen LogP contribution is 2.20. The fourth-order valence-corrected chi connectivity index (χ4v) is 3.33. The molecule has 1 aromatic heterocycles. The third kappa shape index (κ3) is 7.52. The number of aromatic nitrogens is 2. The van der Waals surface area contributed by atoms with Gasteiger partial charge in [0, 0.05) is 29.2 Å². The molecule has 0 aliphatic heterocycles. The second kappa shape index (κ2) is 10.8. The van der Waals surface area contributed by atoms with E-state index in [-0.39, 0.29) is 5.91 Å². The number of rotatable bonds is 7. The molecule has 2 aromatic rings. The largest absolute Gasteiger partial charge is 0.361 e. The van der Waals surface area contributed by atoms with Crippen LogP contribution < -0.4 is 16.2 Å². The number of thiocarbonyl (C=S) groups is 1. The molecule has 0 aliphatic carbocycles. The van der Waals surface area contributed by atoms with Gasteiger partial charge in [-0.2, -0.15) is 0 Å². The van der Waals surface area contributed by atoms with E-state index in [0.717, 1.165) is 47.2 Å². The topological polar surface area (TPSA) is 78.9 Å². The zero-order valence-electron chi connectivity index (χ0n) is 15.8. The van der Waals surface area contributed by atoms with E-state index in [0.29, 0.717) is 10.7 Å². The number of aryl methyl sites for hydroxylation is 2. The Morgan fingerprint density at radius 3 is 2.41 bits per heavy atom. The second-order valence-electron chi connectivity index (χ2n) is 6.11. The molecule has 144 valence electrons. The van der Waals surface area contributed by atoms with Crippen molar-refractivity contribution in [2.75, 3.05) is 6.54 Å². The first-order valence-corrected chi connectivity index (χ1v) is 10.3. The van der Waals surface area contributed by atoms with Gasteiger partial charge in [0.05, 0.1) is 0 Å². The molecular weight excluding hydrogens is 378 g/mol. The average molecular weight is 404 g/mol. The number of nitrogens with zero attached hydrogens (tertiary/aromatic N) is 2. The van der Waals surface area contributed by atoms with E-state index >= 15 is 0 Å². The molecule has 0 saturated carbocycles. The van der Waals surface area contributed by atoms with Crippen LogP contribution in [-0.4, -0.2) is 27.5 Å². The lowest BCUT2D eigenvalue weighted by molar-refractivity contribution is 0.0943. The van der Waals surface area contributed by atoms with Crippen molar-refractivity contribution in [3.8, 4) is 0 Å². The Labute approximate surface area is 169 Å². The molecule has 27 heavy (non-hydrogen) atoms. The molecule has 0 radical (unpaired) electrons. The lowest BCUT2D eigenvalue weighted by Crippen LogP contribution is -2.46.